The molecule has 0 saturated carbocycles. The number of rotatable bonds is 3. The fourth-order valence-corrected chi connectivity index (χ4v) is 7.86. The zero-order valence-electron chi connectivity index (χ0n) is 26.4. The van der Waals surface area contributed by atoms with Gasteiger partial charge in [0, 0.05) is 5.41 Å². The first-order chi connectivity index (χ1) is 22.5. The Bertz CT molecular complexity index is 2440. The third-order valence-electron chi connectivity index (χ3n) is 9.97. The van der Waals surface area contributed by atoms with Gasteiger partial charge in [0.15, 0.2) is 0 Å². The molecule has 0 amide bonds. The van der Waals surface area contributed by atoms with E-state index in [0.717, 1.165) is 5.56 Å². The summed E-state index contributed by atoms with van der Waals surface area (Å²) in [6.07, 6.45) is 0. The molecule has 9 rings (SSSR count). The van der Waals surface area contributed by atoms with Crippen molar-refractivity contribution in [3.63, 3.8) is 0 Å². The molecular formula is C45H32. The van der Waals surface area contributed by atoms with Crippen molar-refractivity contribution < 1.29 is 1.37 Å². The summed E-state index contributed by atoms with van der Waals surface area (Å²) in [4.78, 5) is 0. The van der Waals surface area contributed by atoms with Crippen LogP contribution < -0.4 is 0 Å². The fraction of sp³-hybridized carbons (Fsp3) is 0.0667. The molecule has 1 aliphatic rings. The van der Waals surface area contributed by atoms with Crippen LogP contribution in [0.5, 0.6) is 0 Å². The number of hydrogen-bond acceptors (Lipinski definition) is 0. The highest BCUT2D eigenvalue weighted by atomic mass is 14.4. The molecule has 1 aliphatic carbocycles. The van der Waals surface area contributed by atoms with E-state index in [0.29, 0.717) is 6.04 Å². The Kier molecular flexibility index (Phi) is 5.41. The second-order valence-electron chi connectivity index (χ2n) is 12.8. The minimum absolute atomic E-state index is 0.0806. The van der Waals surface area contributed by atoms with Crippen molar-refractivity contribution in [2.24, 2.45) is 0 Å². The Labute approximate surface area is 265 Å². The van der Waals surface area contributed by atoms with E-state index in [-0.39, 0.29) is 5.41 Å². The molecule has 0 unspecified atom stereocenters. The van der Waals surface area contributed by atoms with Gasteiger partial charge in [0.1, 0.15) is 0 Å². The quantitative estimate of drug-likeness (QED) is 0.184. The summed E-state index contributed by atoms with van der Waals surface area (Å²) in [5, 5.41) is 7.50. The summed E-state index contributed by atoms with van der Waals surface area (Å²) >= 11 is 0. The molecule has 0 spiro atoms. The van der Waals surface area contributed by atoms with E-state index in [2.05, 4.69) is 153 Å². The van der Waals surface area contributed by atoms with Gasteiger partial charge in [-0.25, -0.2) is 0 Å². The molecule has 0 fully saturated rings. The van der Waals surface area contributed by atoms with Crippen molar-refractivity contribution in [1.82, 2.24) is 0 Å². The maximum Gasteiger partial charge on any atom is 0.0623 e. The van der Waals surface area contributed by atoms with Gasteiger partial charge in [0.05, 0.1) is 1.37 Å². The monoisotopic (exact) mass is 573 g/mol. The van der Waals surface area contributed by atoms with Crippen molar-refractivity contribution in [3.8, 4) is 44.5 Å². The average Bonchev–Trinajstić information content (AvgIpc) is 3.32. The van der Waals surface area contributed by atoms with E-state index in [9.17, 15) is 0 Å². The number of benzene rings is 8. The summed E-state index contributed by atoms with van der Waals surface area (Å²) < 4.78 is 8.06. The predicted octanol–water partition coefficient (Wildman–Crippen LogP) is 12.5. The van der Waals surface area contributed by atoms with Gasteiger partial charge in [0.2, 0.25) is 0 Å². The van der Waals surface area contributed by atoms with Gasteiger partial charge < -0.3 is 0 Å². The first-order valence-electron chi connectivity index (χ1n) is 16.3. The van der Waals surface area contributed by atoms with E-state index < -0.39 is 0 Å². The normalized spacial score (nSPS) is 13.6. The second kappa shape index (κ2) is 9.78. The standard InChI is InChI=1S/C45H32/c1-45(2)40-25-13-24-34(44(40)39-27-30-16-6-7-17-31(30)28-41(39)45)32-18-12-19-33(26-32)43-37-22-10-8-20-35(37)42(29-14-4-3-5-15-29)36-21-9-11-23-38(36)43/h3-28H,1-2H3/i3D. The summed E-state index contributed by atoms with van der Waals surface area (Å²) in [5.41, 5.74) is 12.7. The number of fused-ring (bicyclic) bond motifs is 6. The number of hydrogen-bond donors (Lipinski definition) is 0. The van der Waals surface area contributed by atoms with Crippen LogP contribution >= 0.6 is 0 Å². The van der Waals surface area contributed by atoms with Crippen LogP contribution in [-0.4, -0.2) is 0 Å². The van der Waals surface area contributed by atoms with Crippen LogP contribution in [0.4, 0.5) is 0 Å². The van der Waals surface area contributed by atoms with Crippen LogP contribution in [-0.2, 0) is 5.41 Å². The zero-order chi connectivity index (χ0) is 31.0. The smallest absolute Gasteiger partial charge is 0.0622 e. The SMILES string of the molecule is [2H]c1ccc(-c2c3ccccc3c(-c3cccc(-c4cccc5c4-c4cc6ccccc6cc4C5(C)C)c3)c3ccccc23)cc1. The van der Waals surface area contributed by atoms with E-state index in [1.165, 1.54) is 82.4 Å². The molecule has 0 aliphatic heterocycles. The van der Waals surface area contributed by atoms with E-state index in [1.807, 2.05) is 12.1 Å². The van der Waals surface area contributed by atoms with Gasteiger partial charge in [-0.05, 0) is 106 Å². The van der Waals surface area contributed by atoms with Crippen LogP contribution in [0.1, 0.15) is 26.3 Å². The molecule has 212 valence electrons. The van der Waals surface area contributed by atoms with E-state index in [4.69, 9.17) is 1.37 Å². The second-order valence-corrected chi connectivity index (χ2v) is 12.8. The molecule has 0 atom stereocenters. The van der Waals surface area contributed by atoms with Gasteiger partial charge in [-0.3, -0.25) is 0 Å². The molecule has 0 heterocycles. The molecule has 0 aromatic heterocycles. The Hall–Kier alpha value is -5.46. The predicted molar refractivity (Wildman–Crippen MR) is 193 cm³/mol. The van der Waals surface area contributed by atoms with Crippen LogP contribution in [0.25, 0.3) is 76.8 Å². The maximum atomic E-state index is 8.06. The summed E-state index contributed by atoms with van der Waals surface area (Å²) in [7, 11) is 0. The van der Waals surface area contributed by atoms with Crippen LogP contribution in [0.3, 0.4) is 0 Å². The molecule has 0 heteroatoms. The van der Waals surface area contributed by atoms with E-state index in [1.54, 1.807) is 0 Å². The highest BCUT2D eigenvalue weighted by Gasteiger charge is 2.37. The Balaban J connectivity index is 1.29. The summed E-state index contributed by atoms with van der Waals surface area (Å²) in [6, 6.07) is 55.5. The molecule has 0 bridgehead atoms. The highest BCUT2D eigenvalue weighted by molar-refractivity contribution is 6.21. The largest absolute Gasteiger partial charge is 0.0623 e. The van der Waals surface area contributed by atoms with Crippen molar-refractivity contribution in [1.29, 1.82) is 0 Å². The highest BCUT2D eigenvalue weighted by Crippen LogP contribution is 2.53. The average molecular weight is 574 g/mol. The minimum atomic E-state index is -0.0806. The molecule has 0 N–H and O–H groups in total. The Morgan fingerprint density at radius 2 is 0.933 bits per heavy atom. The van der Waals surface area contributed by atoms with E-state index >= 15 is 0 Å². The van der Waals surface area contributed by atoms with Crippen molar-refractivity contribution >= 4 is 32.3 Å². The van der Waals surface area contributed by atoms with Crippen LogP contribution in [0.2, 0.25) is 0 Å². The molecule has 45 heavy (non-hydrogen) atoms. The lowest BCUT2D eigenvalue weighted by atomic mass is 9.81. The molecule has 0 radical (unpaired) electrons. The molecule has 8 aromatic carbocycles. The van der Waals surface area contributed by atoms with Gasteiger partial charge >= 0.3 is 0 Å². The van der Waals surface area contributed by atoms with Gasteiger partial charge in [-0.15, -0.1) is 0 Å². The first kappa shape index (κ1) is 24.9. The first-order valence-corrected chi connectivity index (χ1v) is 15.8. The summed E-state index contributed by atoms with van der Waals surface area (Å²) in [6.45, 7) is 4.73. The third kappa shape index (κ3) is 3.85. The molecular weight excluding hydrogens is 540 g/mol. The lowest BCUT2D eigenvalue weighted by molar-refractivity contribution is 0.661. The lowest BCUT2D eigenvalue weighted by Crippen LogP contribution is -2.14. The summed E-state index contributed by atoms with van der Waals surface area (Å²) in [5.74, 6) is 0. The van der Waals surface area contributed by atoms with Crippen LogP contribution in [0, 0.1) is 0 Å². The zero-order valence-corrected chi connectivity index (χ0v) is 25.4. The van der Waals surface area contributed by atoms with Crippen molar-refractivity contribution in [3.05, 3.63) is 169 Å². The van der Waals surface area contributed by atoms with Crippen molar-refractivity contribution in [2.45, 2.75) is 19.3 Å². The van der Waals surface area contributed by atoms with Gasteiger partial charge in [0.25, 0.3) is 0 Å². The minimum Gasteiger partial charge on any atom is -0.0622 e. The molecule has 0 nitrogen and oxygen atoms in total. The topological polar surface area (TPSA) is 0 Å². The fourth-order valence-electron chi connectivity index (χ4n) is 7.86. The molecule has 8 aromatic rings. The van der Waals surface area contributed by atoms with Crippen molar-refractivity contribution in [2.75, 3.05) is 0 Å². The van der Waals surface area contributed by atoms with Crippen LogP contribution in [0.15, 0.2) is 158 Å². The lowest BCUT2D eigenvalue weighted by Gasteiger charge is -2.22. The Morgan fingerprint density at radius 1 is 0.400 bits per heavy atom. The third-order valence-corrected chi connectivity index (χ3v) is 9.97. The van der Waals surface area contributed by atoms with Gasteiger partial charge in [-0.2, -0.15) is 0 Å². The maximum absolute atomic E-state index is 8.06. The van der Waals surface area contributed by atoms with Gasteiger partial charge in [-0.1, -0.05) is 153 Å². The molecule has 0 saturated heterocycles. The Morgan fingerprint density at radius 3 is 1.60 bits per heavy atom.